The Bertz CT molecular complexity index is 213. The highest BCUT2D eigenvalue weighted by atomic mass is 15.1. The topological polar surface area (TPSA) is 3.24 Å². The van der Waals surface area contributed by atoms with Gasteiger partial charge in [-0.25, -0.2) is 0 Å². The maximum absolute atomic E-state index is 2.57. The van der Waals surface area contributed by atoms with Crippen molar-refractivity contribution in [3.63, 3.8) is 0 Å². The van der Waals surface area contributed by atoms with Gasteiger partial charge < -0.3 is 4.90 Å². The van der Waals surface area contributed by atoms with Crippen LogP contribution in [0.5, 0.6) is 0 Å². The maximum Gasteiger partial charge on any atom is 0.00377 e. The third-order valence-electron chi connectivity index (χ3n) is 4.90. The summed E-state index contributed by atoms with van der Waals surface area (Å²) in [5, 5.41) is 0. The number of piperidine rings is 1. The normalized spacial score (nSPS) is 50.5. The number of nitrogens with zero attached hydrogens (tertiary/aromatic N) is 1. The molecule has 74 valence electrons. The molecule has 1 spiro atoms. The third-order valence-corrected chi connectivity index (χ3v) is 4.90. The SMILES string of the molecule is CN1CCCC2(CC3CCC2C3)C1. The Balaban J connectivity index is 1.81. The Morgan fingerprint density at radius 1 is 1.31 bits per heavy atom. The van der Waals surface area contributed by atoms with Crippen LogP contribution < -0.4 is 0 Å². The van der Waals surface area contributed by atoms with Crippen LogP contribution in [0.1, 0.15) is 38.5 Å². The molecular formula is C12H21N. The Kier molecular flexibility index (Phi) is 1.74. The number of rotatable bonds is 0. The number of hydrogen-bond acceptors (Lipinski definition) is 1. The lowest BCUT2D eigenvalue weighted by atomic mass is 9.68. The molecule has 1 heteroatoms. The van der Waals surface area contributed by atoms with Crippen LogP contribution in [0, 0.1) is 17.3 Å². The molecule has 0 aromatic carbocycles. The number of hydrogen-bond donors (Lipinski definition) is 0. The van der Waals surface area contributed by atoms with Gasteiger partial charge in [-0.1, -0.05) is 6.42 Å². The van der Waals surface area contributed by atoms with Gasteiger partial charge in [0.2, 0.25) is 0 Å². The molecule has 0 aromatic rings. The molecule has 0 amide bonds. The van der Waals surface area contributed by atoms with Crippen LogP contribution >= 0.6 is 0 Å². The summed E-state index contributed by atoms with van der Waals surface area (Å²) in [5.41, 5.74) is 0.788. The van der Waals surface area contributed by atoms with Gasteiger partial charge in [0.25, 0.3) is 0 Å². The van der Waals surface area contributed by atoms with Gasteiger partial charge in [0.15, 0.2) is 0 Å². The lowest BCUT2D eigenvalue weighted by molar-refractivity contribution is 0.0523. The first kappa shape index (κ1) is 8.28. The highest BCUT2D eigenvalue weighted by Crippen LogP contribution is 2.59. The van der Waals surface area contributed by atoms with Crippen LogP contribution in [0.3, 0.4) is 0 Å². The molecule has 3 unspecified atom stereocenters. The van der Waals surface area contributed by atoms with Crippen molar-refractivity contribution < 1.29 is 0 Å². The number of likely N-dealkylation sites (tertiary alicyclic amines) is 1. The van der Waals surface area contributed by atoms with E-state index in [2.05, 4.69) is 11.9 Å². The summed E-state index contributed by atoms with van der Waals surface area (Å²) in [7, 11) is 2.31. The second kappa shape index (κ2) is 2.73. The molecular weight excluding hydrogens is 158 g/mol. The van der Waals surface area contributed by atoms with Gasteiger partial charge in [-0.15, -0.1) is 0 Å². The first-order chi connectivity index (χ1) is 6.28. The minimum absolute atomic E-state index is 0.788. The highest BCUT2D eigenvalue weighted by Gasteiger charge is 2.51. The second-order valence-electron chi connectivity index (χ2n) is 5.78. The Labute approximate surface area is 81.5 Å². The average Bonchev–Trinajstić information content (AvgIpc) is 2.63. The fourth-order valence-corrected chi connectivity index (χ4v) is 4.45. The lowest BCUT2D eigenvalue weighted by Crippen LogP contribution is -2.44. The minimum atomic E-state index is 0.788. The van der Waals surface area contributed by atoms with E-state index in [9.17, 15) is 0 Å². The quantitative estimate of drug-likeness (QED) is 0.552. The van der Waals surface area contributed by atoms with Gasteiger partial charge in [-0.2, -0.15) is 0 Å². The summed E-state index contributed by atoms with van der Waals surface area (Å²) in [4.78, 5) is 2.57. The molecule has 2 aliphatic carbocycles. The maximum atomic E-state index is 2.57. The van der Waals surface area contributed by atoms with E-state index >= 15 is 0 Å². The van der Waals surface area contributed by atoms with Crippen molar-refractivity contribution in [2.45, 2.75) is 38.5 Å². The van der Waals surface area contributed by atoms with Crippen molar-refractivity contribution in [3.05, 3.63) is 0 Å². The Morgan fingerprint density at radius 2 is 2.23 bits per heavy atom. The van der Waals surface area contributed by atoms with Crippen molar-refractivity contribution in [1.29, 1.82) is 0 Å². The fraction of sp³-hybridized carbons (Fsp3) is 1.00. The zero-order valence-corrected chi connectivity index (χ0v) is 8.76. The van der Waals surface area contributed by atoms with Gasteiger partial charge in [0.1, 0.15) is 0 Å². The molecule has 2 saturated carbocycles. The van der Waals surface area contributed by atoms with Gasteiger partial charge in [-0.05, 0) is 62.9 Å². The van der Waals surface area contributed by atoms with E-state index in [0.717, 1.165) is 17.3 Å². The van der Waals surface area contributed by atoms with Gasteiger partial charge in [0.05, 0.1) is 0 Å². The van der Waals surface area contributed by atoms with Gasteiger partial charge >= 0.3 is 0 Å². The first-order valence-electron chi connectivity index (χ1n) is 5.97. The van der Waals surface area contributed by atoms with Crippen LogP contribution in [-0.4, -0.2) is 25.0 Å². The zero-order valence-electron chi connectivity index (χ0n) is 8.76. The van der Waals surface area contributed by atoms with Crippen LogP contribution in [0.2, 0.25) is 0 Å². The van der Waals surface area contributed by atoms with Crippen LogP contribution in [-0.2, 0) is 0 Å². The van der Waals surface area contributed by atoms with E-state index in [4.69, 9.17) is 0 Å². The summed E-state index contributed by atoms with van der Waals surface area (Å²) in [6.45, 7) is 2.76. The van der Waals surface area contributed by atoms with E-state index in [1.54, 1.807) is 32.1 Å². The van der Waals surface area contributed by atoms with Crippen LogP contribution in [0.25, 0.3) is 0 Å². The molecule has 3 rings (SSSR count). The van der Waals surface area contributed by atoms with Gasteiger partial charge in [-0.3, -0.25) is 0 Å². The summed E-state index contributed by atoms with van der Waals surface area (Å²) < 4.78 is 0. The number of fused-ring (bicyclic) bond motifs is 3. The van der Waals surface area contributed by atoms with Crippen molar-refractivity contribution in [2.75, 3.05) is 20.1 Å². The molecule has 1 nitrogen and oxygen atoms in total. The van der Waals surface area contributed by atoms with Crippen molar-refractivity contribution in [2.24, 2.45) is 17.3 Å². The monoisotopic (exact) mass is 179 g/mol. The van der Waals surface area contributed by atoms with Crippen molar-refractivity contribution in [3.8, 4) is 0 Å². The largest absolute Gasteiger partial charge is 0.306 e. The van der Waals surface area contributed by atoms with Crippen LogP contribution in [0.4, 0.5) is 0 Å². The second-order valence-corrected chi connectivity index (χ2v) is 5.78. The minimum Gasteiger partial charge on any atom is -0.306 e. The summed E-state index contributed by atoms with van der Waals surface area (Å²) in [6.07, 6.45) is 9.25. The molecule has 1 saturated heterocycles. The molecule has 0 radical (unpaired) electrons. The predicted octanol–water partition coefficient (Wildman–Crippen LogP) is 2.52. The zero-order chi connectivity index (χ0) is 8.89. The molecule has 1 aliphatic heterocycles. The average molecular weight is 179 g/mol. The molecule has 3 fully saturated rings. The van der Waals surface area contributed by atoms with Gasteiger partial charge in [0, 0.05) is 6.54 Å². The Morgan fingerprint density at radius 3 is 2.85 bits per heavy atom. The molecule has 2 bridgehead atoms. The summed E-state index contributed by atoms with van der Waals surface area (Å²) >= 11 is 0. The molecule has 1 heterocycles. The smallest absolute Gasteiger partial charge is 0.00377 e. The predicted molar refractivity (Wildman–Crippen MR) is 54.6 cm³/mol. The first-order valence-corrected chi connectivity index (χ1v) is 5.97. The molecule has 13 heavy (non-hydrogen) atoms. The van der Waals surface area contributed by atoms with E-state index in [-0.39, 0.29) is 0 Å². The molecule has 0 N–H and O–H groups in total. The molecule has 0 aromatic heterocycles. The van der Waals surface area contributed by atoms with E-state index in [0.29, 0.717) is 0 Å². The van der Waals surface area contributed by atoms with E-state index in [1.807, 2.05) is 0 Å². The Hall–Kier alpha value is -0.0400. The van der Waals surface area contributed by atoms with E-state index in [1.165, 1.54) is 19.5 Å². The standard InChI is InChI=1S/C12H21N/c1-13-6-2-5-12(9-13)8-10-3-4-11(12)7-10/h10-11H,2-9H2,1H3. The highest BCUT2D eigenvalue weighted by molar-refractivity contribution is 5.02. The van der Waals surface area contributed by atoms with Crippen molar-refractivity contribution in [1.82, 2.24) is 4.90 Å². The fourth-order valence-electron chi connectivity index (χ4n) is 4.45. The molecule has 3 aliphatic rings. The summed E-state index contributed by atoms with van der Waals surface area (Å²) in [5.74, 6) is 2.23. The van der Waals surface area contributed by atoms with E-state index < -0.39 is 0 Å². The van der Waals surface area contributed by atoms with Crippen LogP contribution in [0.15, 0.2) is 0 Å². The molecule has 3 atom stereocenters. The summed E-state index contributed by atoms with van der Waals surface area (Å²) in [6, 6.07) is 0. The lowest BCUT2D eigenvalue weighted by Gasteiger charge is -2.44. The van der Waals surface area contributed by atoms with Crippen molar-refractivity contribution >= 4 is 0 Å². The third kappa shape index (κ3) is 1.16.